The minimum absolute atomic E-state index is 0.105. The molecule has 1 aromatic carbocycles. The summed E-state index contributed by atoms with van der Waals surface area (Å²) in [6, 6.07) is 8.52. The first-order valence-corrected chi connectivity index (χ1v) is 7.27. The van der Waals surface area contributed by atoms with Gasteiger partial charge in [-0.05, 0) is 31.0 Å². The maximum Gasteiger partial charge on any atom is 0.0560 e. The number of benzene rings is 1. The van der Waals surface area contributed by atoms with E-state index >= 15 is 0 Å². The topological polar surface area (TPSA) is 44.5 Å². The molecule has 0 aliphatic carbocycles. The molecule has 0 fully saturated rings. The second kappa shape index (κ2) is 9.39. The van der Waals surface area contributed by atoms with Crippen molar-refractivity contribution in [3.05, 3.63) is 29.8 Å². The third-order valence-electron chi connectivity index (χ3n) is 2.54. The van der Waals surface area contributed by atoms with Gasteiger partial charge in [0.1, 0.15) is 0 Å². The lowest BCUT2D eigenvalue weighted by Gasteiger charge is -2.07. The molecule has 0 aliphatic heterocycles. The third-order valence-corrected chi connectivity index (χ3v) is 3.52. The number of rotatable bonds is 9. The summed E-state index contributed by atoms with van der Waals surface area (Å²) in [5, 5.41) is 0. The van der Waals surface area contributed by atoms with Crippen LogP contribution >= 0.6 is 11.8 Å². The first-order chi connectivity index (χ1) is 8.74. The molecule has 0 radical (unpaired) electrons. The Morgan fingerprint density at radius 1 is 1.17 bits per heavy atom. The van der Waals surface area contributed by atoms with Crippen LogP contribution < -0.4 is 5.73 Å². The Hall–Kier alpha value is -0.550. The zero-order valence-corrected chi connectivity index (χ0v) is 12.0. The minimum Gasteiger partial charge on any atom is -0.385 e. The van der Waals surface area contributed by atoms with Gasteiger partial charge in [0, 0.05) is 37.0 Å². The number of thioether (sulfide) groups is 1. The van der Waals surface area contributed by atoms with E-state index in [2.05, 4.69) is 24.3 Å². The monoisotopic (exact) mass is 269 g/mol. The molecule has 0 saturated carbocycles. The number of hydrogen-bond acceptors (Lipinski definition) is 4. The molecular weight excluding hydrogens is 246 g/mol. The lowest BCUT2D eigenvalue weighted by Crippen LogP contribution is -2.04. The predicted molar refractivity (Wildman–Crippen MR) is 77.1 cm³/mol. The summed E-state index contributed by atoms with van der Waals surface area (Å²) in [4.78, 5) is 1.26. The van der Waals surface area contributed by atoms with Crippen molar-refractivity contribution >= 4 is 11.8 Å². The quantitative estimate of drug-likeness (QED) is 0.553. The van der Waals surface area contributed by atoms with Gasteiger partial charge in [0.25, 0.3) is 0 Å². The van der Waals surface area contributed by atoms with E-state index in [0.717, 1.165) is 32.0 Å². The Balaban J connectivity index is 2.12. The molecular formula is C14H23NO2S. The molecule has 1 atom stereocenters. The van der Waals surface area contributed by atoms with Gasteiger partial charge in [0.2, 0.25) is 0 Å². The Morgan fingerprint density at radius 3 is 2.50 bits per heavy atom. The smallest absolute Gasteiger partial charge is 0.0560 e. The van der Waals surface area contributed by atoms with Crippen LogP contribution in [-0.2, 0) is 9.47 Å². The highest BCUT2D eigenvalue weighted by Crippen LogP contribution is 2.20. The largest absolute Gasteiger partial charge is 0.385 e. The van der Waals surface area contributed by atoms with E-state index in [1.54, 1.807) is 7.11 Å². The Kier molecular flexibility index (Phi) is 8.09. The van der Waals surface area contributed by atoms with E-state index in [-0.39, 0.29) is 6.04 Å². The van der Waals surface area contributed by atoms with Crippen molar-refractivity contribution in [1.82, 2.24) is 0 Å². The highest BCUT2D eigenvalue weighted by atomic mass is 32.2. The van der Waals surface area contributed by atoms with Gasteiger partial charge < -0.3 is 15.2 Å². The van der Waals surface area contributed by atoms with Gasteiger partial charge in [-0.3, -0.25) is 0 Å². The van der Waals surface area contributed by atoms with Crippen molar-refractivity contribution < 1.29 is 9.47 Å². The maximum absolute atomic E-state index is 5.81. The van der Waals surface area contributed by atoms with Crippen molar-refractivity contribution in [2.45, 2.75) is 24.3 Å². The molecule has 0 aromatic heterocycles. The fourth-order valence-corrected chi connectivity index (χ4v) is 2.26. The van der Waals surface area contributed by atoms with Crippen LogP contribution in [0.2, 0.25) is 0 Å². The summed E-state index contributed by atoms with van der Waals surface area (Å²) >= 11 is 1.81. The summed E-state index contributed by atoms with van der Waals surface area (Å²) in [6.45, 7) is 4.32. The van der Waals surface area contributed by atoms with E-state index in [0.29, 0.717) is 0 Å². The van der Waals surface area contributed by atoms with Gasteiger partial charge in [-0.25, -0.2) is 0 Å². The van der Waals surface area contributed by atoms with Crippen LogP contribution in [0.15, 0.2) is 29.2 Å². The lowest BCUT2D eigenvalue weighted by atomic mass is 10.1. The van der Waals surface area contributed by atoms with Crippen LogP contribution in [0.25, 0.3) is 0 Å². The van der Waals surface area contributed by atoms with E-state index in [1.807, 2.05) is 18.7 Å². The fourth-order valence-electron chi connectivity index (χ4n) is 1.49. The molecule has 102 valence electrons. The van der Waals surface area contributed by atoms with Gasteiger partial charge in [0.05, 0.1) is 6.61 Å². The second-order valence-electron chi connectivity index (χ2n) is 4.16. The molecule has 18 heavy (non-hydrogen) atoms. The van der Waals surface area contributed by atoms with Gasteiger partial charge in [-0.15, -0.1) is 11.8 Å². The number of nitrogens with two attached hydrogens (primary N) is 1. The summed E-state index contributed by atoms with van der Waals surface area (Å²) in [5.74, 6) is 0.977. The second-order valence-corrected chi connectivity index (χ2v) is 5.33. The Bertz CT molecular complexity index is 314. The molecule has 3 nitrogen and oxygen atoms in total. The lowest BCUT2D eigenvalue weighted by molar-refractivity contribution is 0.113. The van der Waals surface area contributed by atoms with Crippen molar-refractivity contribution in [1.29, 1.82) is 0 Å². The van der Waals surface area contributed by atoms with Gasteiger partial charge in [-0.2, -0.15) is 0 Å². The average Bonchev–Trinajstić information content (AvgIpc) is 2.38. The predicted octanol–water partition coefficient (Wildman–Crippen LogP) is 2.85. The standard InChI is InChI=1S/C14H23NO2S/c1-12(15)13-4-6-14(7-5-13)18-11-10-17-9-3-8-16-2/h4-7,12H,3,8-11,15H2,1-2H3. The summed E-state index contributed by atoms with van der Waals surface area (Å²) in [6.07, 6.45) is 0.963. The maximum atomic E-state index is 5.81. The van der Waals surface area contributed by atoms with Crippen LogP contribution in [0.4, 0.5) is 0 Å². The first-order valence-electron chi connectivity index (χ1n) is 6.29. The molecule has 0 spiro atoms. The zero-order chi connectivity index (χ0) is 13.2. The SMILES string of the molecule is COCCCOCCSc1ccc(C(C)N)cc1. The van der Waals surface area contributed by atoms with Crippen molar-refractivity contribution in [3.8, 4) is 0 Å². The highest BCUT2D eigenvalue weighted by molar-refractivity contribution is 7.99. The number of hydrogen-bond donors (Lipinski definition) is 1. The van der Waals surface area contributed by atoms with E-state index < -0.39 is 0 Å². The molecule has 1 aromatic rings. The first kappa shape index (κ1) is 15.5. The molecule has 1 rings (SSSR count). The summed E-state index contributed by atoms with van der Waals surface area (Å²) in [7, 11) is 1.71. The van der Waals surface area contributed by atoms with E-state index in [1.165, 1.54) is 10.5 Å². The van der Waals surface area contributed by atoms with Crippen LogP contribution in [0.1, 0.15) is 24.9 Å². The number of methoxy groups -OCH3 is 1. The molecule has 4 heteroatoms. The van der Waals surface area contributed by atoms with E-state index in [9.17, 15) is 0 Å². The average molecular weight is 269 g/mol. The molecule has 0 aliphatic rings. The van der Waals surface area contributed by atoms with Crippen LogP contribution in [-0.4, -0.2) is 32.7 Å². The number of ether oxygens (including phenoxy) is 2. The Morgan fingerprint density at radius 2 is 1.89 bits per heavy atom. The van der Waals surface area contributed by atoms with Crippen LogP contribution in [0.5, 0.6) is 0 Å². The molecule has 0 heterocycles. The third kappa shape index (κ3) is 6.40. The Labute approximate surface area is 114 Å². The molecule has 0 amide bonds. The molecule has 1 unspecified atom stereocenters. The molecule has 0 saturated heterocycles. The van der Waals surface area contributed by atoms with Gasteiger partial charge in [0.15, 0.2) is 0 Å². The highest BCUT2D eigenvalue weighted by Gasteiger charge is 1.99. The zero-order valence-electron chi connectivity index (χ0n) is 11.2. The van der Waals surface area contributed by atoms with Crippen molar-refractivity contribution in [2.24, 2.45) is 5.73 Å². The summed E-state index contributed by atoms with van der Waals surface area (Å²) in [5.41, 5.74) is 6.98. The fraction of sp³-hybridized carbons (Fsp3) is 0.571. The molecule has 2 N–H and O–H groups in total. The van der Waals surface area contributed by atoms with Crippen LogP contribution in [0, 0.1) is 0 Å². The van der Waals surface area contributed by atoms with Gasteiger partial charge in [-0.1, -0.05) is 12.1 Å². The van der Waals surface area contributed by atoms with Gasteiger partial charge >= 0.3 is 0 Å². The van der Waals surface area contributed by atoms with Crippen molar-refractivity contribution in [3.63, 3.8) is 0 Å². The summed E-state index contributed by atoms with van der Waals surface area (Å²) < 4.78 is 10.5. The minimum atomic E-state index is 0.105. The normalized spacial score (nSPS) is 12.6. The van der Waals surface area contributed by atoms with Crippen molar-refractivity contribution in [2.75, 3.05) is 32.7 Å². The molecule has 0 bridgehead atoms. The van der Waals surface area contributed by atoms with Crippen LogP contribution in [0.3, 0.4) is 0 Å². The van der Waals surface area contributed by atoms with E-state index in [4.69, 9.17) is 15.2 Å².